The van der Waals surface area contributed by atoms with Crippen LogP contribution in [-0.2, 0) is 17.9 Å². The number of anilines is 1. The van der Waals surface area contributed by atoms with E-state index in [0.29, 0.717) is 18.8 Å². The lowest BCUT2D eigenvalue weighted by Gasteiger charge is -2.12. The number of amides is 3. The van der Waals surface area contributed by atoms with Crippen molar-refractivity contribution in [3.05, 3.63) is 59.9 Å². The maximum absolute atomic E-state index is 12.0. The molecule has 3 amide bonds. The quantitative estimate of drug-likeness (QED) is 0.620. The van der Waals surface area contributed by atoms with E-state index in [1.165, 1.54) is 0 Å². The van der Waals surface area contributed by atoms with Crippen LogP contribution in [0.1, 0.15) is 11.1 Å². The van der Waals surface area contributed by atoms with Crippen molar-refractivity contribution in [1.82, 2.24) is 20.9 Å². The minimum absolute atomic E-state index is 0.00320. The zero-order chi connectivity index (χ0) is 18.2. The van der Waals surface area contributed by atoms with Crippen LogP contribution in [0.2, 0.25) is 0 Å². The second-order valence-corrected chi connectivity index (χ2v) is 6.88. The van der Waals surface area contributed by atoms with Crippen LogP contribution in [0, 0.1) is 0 Å². The molecule has 2 aromatic rings. The SMILES string of the molecule is O=C(NCc1ccncc1)Nc1cccc(CNC(=O)C2CSCN2)c1. The van der Waals surface area contributed by atoms with Gasteiger partial charge in [-0.05, 0) is 35.4 Å². The molecule has 7 nitrogen and oxygen atoms in total. The Morgan fingerprint density at radius 1 is 1.12 bits per heavy atom. The highest BCUT2D eigenvalue weighted by Gasteiger charge is 2.21. The molecule has 1 aromatic carbocycles. The zero-order valence-electron chi connectivity index (χ0n) is 14.2. The van der Waals surface area contributed by atoms with E-state index in [1.54, 1.807) is 24.2 Å². The van der Waals surface area contributed by atoms with Crippen molar-refractivity contribution in [3.8, 4) is 0 Å². The second-order valence-electron chi connectivity index (χ2n) is 5.85. The number of thioether (sulfide) groups is 1. The molecule has 1 saturated heterocycles. The fraction of sp³-hybridized carbons (Fsp3) is 0.278. The molecule has 1 aliphatic rings. The van der Waals surface area contributed by atoms with Gasteiger partial charge in [0.05, 0.1) is 6.04 Å². The van der Waals surface area contributed by atoms with Gasteiger partial charge in [-0.3, -0.25) is 15.1 Å². The molecule has 1 aromatic heterocycles. The molecule has 26 heavy (non-hydrogen) atoms. The first kappa shape index (κ1) is 18.2. The van der Waals surface area contributed by atoms with Gasteiger partial charge in [0.25, 0.3) is 0 Å². The van der Waals surface area contributed by atoms with Crippen LogP contribution in [0.5, 0.6) is 0 Å². The number of benzene rings is 1. The molecular formula is C18H21N5O2S. The van der Waals surface area contributed by atoms with Gasteiger partial charge in [-0.1, -0.05) is 12.1 Å². The summed E-state index contributed by atoms with van der Waals surface area (Å²) in [6, 6.07) is 10.7. The number of urea groups is 1. The van der Waals surface area contributed by atoms with Gasteiger partial charge >= 0.3 is 6.03 Å². The summed E-state index contributed by atoms with van der Waals surface area (Å²) < 4.78 is 0. The molecule has 4 N–H and O–H groups in total. The molecule has 136 valence electrons. The number of rotatable bonds is 6. The van der Waals surface area contributed by atoms with E-state index in [1.807, 2.05) is 36.4 Å². The minimum atomic E-state index is -0.282. The molecule has 1 fully saturated rings. The van der Waals surface area contributed by atoms with E-state index in [4.69, 9.17) is 0 Å². The highest BCUT2D eigenvalue weighted by atomic mass is 32.2. The van der Waals surface area contributed by atoms with Crippen LogP contribution >= 0.6 is 11.8 Å². The summed E-state index contributed by atoms with van der Waals surface area (Å²) in [5, 5.41) is 11.7. The maximum atomic E-state index is 12.0. The van der Waals surface area contributed by atoms with Crippen molar-refractivity contribution < 1.29 is 9.59 Å². The molecule has 2 heterocycles. The number of aromatic nitrogens is 1. The summed E-state index contributed by atoms with van der Waals surface area (Å²) in [5.41, 5.74) is 2.58. The number of nitrogens with zero attached hydrogens (tertiary/aromatic N) is 1. The monoisotopic (exact) mass is 371 g/mol. The molecule has 0 bridgehead atoms. The Bertz CT molecular complexity index is 750. The van der Waals surface area contributed by atoms with Gasteiger partial charge in [0.15, 0.2) is 0 Å². The van der Waals surface area contributed by atoms with Crippen LogP contribution in [0.3, 0.4) is 0 Å². The normalized spacial score (nSPS) is 16.1. The molecule has 0 radical (unpaired) electrons. The van der Waals surface area contributed by atoms with E-state index in [9.17, 15) is 9.59 Å². The van der Waals surface area contributed by atoms with Gasteiger partial charge in [-0.2, -0.15) is 0 Å². The Labute approximate surface area is 156 Å². The third-order valence-corrected chi connectivity index (χ3v) is 4.83. The first-order chi connectivity index (χ1) is 12.7. The van der Waals surface area contributed by atoms with Gasteiger partial charge in [0, 0.05) is 42.8 Å². The third kappa shape index (κ3) is 5.47. The van der Waals surface area contributed by atoms with Crippen LogP contribution < -0.4 is 21.3 Å². The van der Waals surface area contributed by atoms with Crippen molar-refractivity contribution in [3.63, 3.8) is 0 Å². The number of nitrogens with one attached hydrogen (secondary N) is 4. The van der Waals surface area contributed by atoms with Crippen LogP contribution in [-0.4, -0.2) is 34.6 Å². The number of hydrogen-bond acceptors (Lipinski definition) is 5. The molecule has 3 rings (SSSR count). The van der Waals surface area contributed by atoms with Crippen molar-refractivity contribution in [2.45, 2.75) is 19.1 Å². The van der Waals surface area contributed by atoms with E-state index in [2.05, 4.69) is 26.3 Å². The predicted molar refractivity (Wildman–Crippen MR) is 103 cm³/mol. The summed E-state index contributed by atoms with van der Waals surface area (Å²) in [6.07, 6.45) is 3.37. The lowest BCUT2D eigenvalue weighted by Crippen LogP contribution is -2.41. The Morgan fingerprint density at radius 3 is 2.69 bits per heavy atom. The van der Waals surface area contributed by atoms with Crippen LogP contribution in [0.4, 0.5) is 10.5 Å². The number of pyridine rings is 1. The summed E-state index contributed by atoms with van der Waals surface area (Å²) in [7, 11) is 0. The van der Waals surface area contributed by atoms with E-state index < -0.39 is 0 Å². The number of hydrogen-bond donors (Lipinski definition) is 4. The molecule has 1 unspecified atom stereocenters. The summed E-state index contributed by atoms with van der Waals surface area (Å²) in [6.45, 7) is 0.854. The van der Waals surface area contributed by atoms with Crippen molar-refractivity contribution in [2.24, 2.45) is 0 Å². The van der Waals surface area contributed by atoms with Gasteiger partial charge < -0.3 is 16.0 Å². The fourth-order valence-electron chi connectivity index (χ4n) is 2.49. The summed E-state index contributed by atoms with van der Waals surface area (Å²) in [4.78, 5) is 28.0. The number of carbonyl (C=O) groups is 2. The highest BCUT2D eigenvalue weighted by Crippen LogP contribution is 2.12. The Hall–Kier alpha value is -2.58. The average molecular weight is 371 g/mol. The lowest BCUT2D eigenvalue weighted by atomic mass is 10.2. The van der Waals surface area contributed by atoms with Gasteiger partial charge in [-0.15, -0.1) is 11.8 Å². The zero-order valence-corrected chi connectivity index (χ0v) is 15.0. The fourth-order valence-corrected chi connectivity index (χ4v) is 3.44. The van der Waals surface area contributed by atoms with Crippen LogP contribution in [0.25, 0.3) is 0 Å². The molecular weight excluding hydrogens is 350 g/mol. The third-order valence-electron chi connectivity index (χ3n) is 3.89. The maximum Gasteiger partial charge on any atom is 0.319 e. The molecule has 1 aliphatic heterocycles. The Kier molecular flexibility index (Phi) is 6.45. The highest BCUT2D eigenvalue weighted by molar-refractivity contribution is 7.99. The molecule has 8 heteroatoms. The van der Waals surface area contributed by atoms with E-state index in [0.717, 1.165) is 22.8 Å². The largest absolute Gasteiger partial charge is 0.351 e. The lowest BCUT2D eigenvalue weighted by molar-refractivity contribution is -0.122. The molecule has 0 spiro atoms. The standard InChI is InChI=1S/C18H21N5O2S/c24-17(16-11-26-12-22-16)20-10-14-2-1-3-15(8-14)23-18(25)21-9-13-4-6-19-7-5-13/h1-8,16,22H,9-12H2,(H,20,24)(H2,21,23,25). The van der Waals surface area contributed by atoms with Crippen molar-refractivity contribution >= 4 is 29.4 Å². The Balaban J connectivity index is 1.47. The van der Waals surface area contributed by atoms with E-state index >= 15 is 0 Å². The first-order valence-electron chi connectivity index (χ1n) is 8.32. The molecule has 0 saturated carbocycles. The van der Waals surface area contributed by atoms with Gasteiger partial charge in [0.2, 0.25) is 5.91 Å². The number of carbonyl (C=O) groups excluding carboxylic acids is 2. The summed E-state index contributed by atoms with van der Waals surface area (Å²) in [5.74, 6) is 1.61. The second kappa shape index (κ2) is 9.21. The Morgan fingerprint density at radius 2 is 1.92 bits per heavy atom. The minimum Gasteiger partial charge on any atom is -0.351 e. The topological polar surface area (TPSA) is 95.2 Å². The van der Waals surface area contributed by atoms with Crippen molar-refractivity contribution in [2.75, 3.05) is 16.9 Å². The first-order valence-corrected chi connectivity index (χ1v) is 9.48. The molecule has 0 aliphatic carbocycles. The van der Waals surface area contributed by atoms with E-state index in [-0.39, 0.29) is 18.0 Å². The smallest absolute Gasteiger partial charge is 0.319 e. The van der Waals surface area contributed by atoms with Crippen LogP contribution in [0.15, 0.2) is 48.8 Å². The van der Waals surface area contributed by atoms with Crippen molar-refractivity contribution in [1.29, 1.82) is 0 Å². The average Bonchev–Trinajstić information content (AvgIpc) is 3.20. The van der Waals surface area contributed by atoms with Gasteiger partial charge in [0.1, 0.15) is 0 Å². The molecule has 1 atom stereocenters. The van der Waals surface area contributed by atoms with Gasteiger partial charge in [-0.25, -0.2) is 4.79 Å². The summed E-state index contributed by atoms with van der Waals surface area (Å²) >= 11 is 1.71. The predicted octanol–water partition coefficient (Wildman–Crippen LogP) is 1.68.